The van der Waals surface area contributed by atoms with Crippen LogP contribution < -0.4 is 11.1 Å². The third-order valence-corrected chi connectivity index (χ3v) is 3.60. The fourth-order valence-corrected chi connectivity index (χ4v) is 2.48. The Bertz CT molecular complexity index is 476. The Hall–Kier alpha value is -1.43. The first-order valence-electron chi connectivity index (χ1n) is 7.49. The van der Waals surface area contributed by atoms with Gasteiger partial charge in [-0.1, -0.05) is 24.3 Å². The molecule has 116 valence electrons. The molecule has 5 heteroatoms. The molecule has 1 saturated heterocycles. The van der Waals surface area contributed by atoms with Crippen LogP contribution in [-0.2, 0) is 22.6 Å². The second kappa shape index (κ2) is 7.54. The van der Waals surface area contributed by atoms with Gasteiger partial charge in [0.2, 0.25) is 5.91 Å². The molecule has 1 aliphatic heterocycles. The number of nitrogens with two attached hydrogens (primary N) is 1. The van der Waals surface area contributed by atoms with E-state index in [0.717, 1.165) is 31.8 Å². The molecule has 2 atom stereocenters. The zero-order valence-electron chi connectivity index (χ0n) is 12.8. The minimum Gasteiger partial charge on any atom is -0.376 e. The van der Waals surface area contributed by atoms with Crippen LogP contribution in [0.3, 0.4) is 0 Å². The summed E-state index contributed by atoms with van der Waals surface area (Å²) in [6.07, 6.45) is 0.298. The Morgan fingerprint density at radius 3 is 3.00 bits per heavy atom. The number of hydrogen-bond acceptors (Lipinski definition) is 4. The largest absolute Gasteiger partial charge is 0.376 e. The Morgan fingerprint density at radius 1 is 1.52 bits per heavy atom. The van der Waals surface area contributed by atoms with Crippen molar-refractivity contribution in [3.63, 3.8) is 0 Å². The van der Waals surface area contributed by atoms with Crippen LogP contribution in [0.1, 0.15) is 25.0 Å². The van der Waals surface area contributed by atoms with Crippen molar-refractivity contribution in [3.05, 3.63) is 35.4 Å². The summed E-state index contributed by atoms with van der Waals surface area (Å²) in [4.78, 5) is 13.9. The van der Waals surface area contributed by atoms with Crippen molar-refractivity contribution in [2.24, 2.45) is 5.73 Å². The fraction of sp³-hybridized carbons (Fsp3) is 0.562. The monoisotopic (exact) mass is 291 g/mol. The van der Waals surface area contributed by atoms with E-state index in [1.807, 2.05) is 12.1 Å². The number of ether oxygens (including phenoxy) is 1. The minimum atomic E-state index is -0.469. The summed E-state index contributed by atoms with van der Waals surface area (Å²) in [5.74, 6) is -0.123. The van der Waals surface area contributed by atoms with Gasteiger partial charge in [0.1, 0.15) is 0 Å². The molecule has 2 rings (SSSR count). The smallest absolute Gasteiger partial charge is 0.236 e. The average molecular weight is 291 g/mol. The maximum absolute atomic E-state index is 11.5. The summed E-state index contributed by atoms with van der Waals surface area (Å²) in [5, 5.41) is 2.84. The maximum Gasteiger partial charge on any atom is 0.236 e. The lowest BCUT2D eigenvalue weighted by Crippen LogP contribution is -2.40. The van der Waals surface area contributed by atoms with Crippen molar-refractivity contribution in [1.29, 1.82) is 0 Å². The molecule has 1 fully saturated rings. The van der Waals surface area contributed by atoms with Gasteiger partial charge in [0.05, 0.1) is 18.8 Å². The molecule has 21 heavy (non-hydrogen) atoms. The summed E-state index contributed by atoms with van der Waals surface area (Å²) in [6.45, 7) is 7.96. The summed E-state index contributed by atoms with van der Waals surface area (Å²) in [6, 6.07) is 7.85. The zero-order valence-corrected chi connectivity index (χ0v) is 12.8. The number of carbonyl (C=O) groups excluding carboxylic acids is 1. The highest BCUT2D eigenvalue weighted by Crippen LogP contribution is 2.12. The van der Waals surface area contributed by atoms with Gasteiger partial charge in [-0.25, -0.2) is 0 Å². The van der Waals surface area contributed by atoms with Gasteiger partial charge in [-0.2, -0.15) is 0 Å². The average Bonchev–Trinajstić information content (AvgIpc) is 2.45. The van der Waals surface area contributed by atoms with Gasteiger partial charge in [-0.15, -0.1) is 0 Å². The maximum atomic E-state index is 11.5. The predicted molar refractivity (Wildman–Crippen MR) is 82.6 cm³/mol. The van der Waals surface area contributed by atoms with Crippen LogP contribution in [0, 0.1) is 0 Å². The van der Waals surface area contributed by atoms with Gasteiger partial charge in [0.25, 0.3) is 0 Å². The molecule has 1 heterocycles. The molecule has 1 aromatic rings. The van der Waals surface area contributed by atoms with Crippen LogP contribution in [0.2, 0.25) is 0 Å². The number of hydrogen-bond donors (Lipinski definition) is 2. The van der Waals surface area contributed by atoms with Gasteiger partial charge >= 0.3 is 0 Å². The molecular formula is C16H25N3O2. The van der Waals surface area contributed by atoms with Crippen molar-refractivity contribution >= 4 is 5.91 Å². The van der Waals surface area contributed by atoms with Crippen molar-refractivity contribution in [2.75, 3.05) is 19.7 Å². The van der Waals surface area contributed by atoms with E-state index in [4.69, 9.17) is 10.5 Å². The molecule has 2 unspecified atom stereocenters. The van der Waals surface area contributed by atoms with E-state index in [-0.39, 0.29) is 5.91 Å². The Balaban J connectivity index is 1.89. The van der Waals surface area contributed by atoms with Crippen LogP contribution in [0.25, 0.3) is 0 Å². The molecule has 3 N–H and O–H groups in total. The van der Waals surface area contributed by atoms with Crippen molar-refractivity contribution < 1.29 is 9.53 Å². The molecule has 0 spiro atoms. The zero-order chi connectivity index (χ0) is 15.2. The highest BCUT2D eigenvalue weighted by molar-refractivity contribution is 5.80. The fourth-order valence-electron chi connectivity index (χ4n) is 2.48. The minimum absolute atomic E-state index is 0.123. The lowest BCUT2D eigenvalue weighted by molar-refractivity contribution is -0.122. The van der Waals surface area contributed by atoms with Crippen LogP contribution in [0.5, 0.6) is 0 Å². The van der Waals surface area contributed by atoms with Gasteiger partial charge in [-0.05, 0) is 25.0 Å². The Morgan fingerprint density at radius 2 is 2.29 bits per heavy atom. The van der Waals surface area contributed by atoms with E-state index < -0.39 is 6.04 Å². The Kier molecular flexibility index (Phi) is 5.73. The molecule has 5 nitrogen and oxygen atoms in total. The quantitative estimate of drug-likeness (QED) is 0.845. The van der Waals surface area contributed by atoms with E-state index in [1.54, 1.807) is 6.92 Å². The lowest BCUT2D eigenvalue weighted by Gasteiger charge is -2.31. The number of amides is 1. The van der Waals surface area contributed by atoms with Crippen LogP contribution >= 0.6 is 0 Å². The lowest BCUT2D eigenvalue weighted by atomic mass is 10.1. The SMILES string of the molecule is CC1CN(Cc2cccc(CNC(=O)C(C)N)c2)CCO1. The molecule has 0 aliphatic carbocycles. The third kappa shape index (κ3) is 5.12. The first-order valence-corrected chi connectivity index (χ1v) is 7.49. The highest BCUT2D eigenvalue weighted by atomic mass is 16.5. The predicted octanol–water partition coefficient (Wildman–Crippen LogP) is 0.871. The van der Waals surface area contributed by atoms with Gasteiger partial charge in [0, 0.05) is 26.2 Å². The third-order valence-electron chi connectivity index (χ3n) is 3.60. The molecule has 0 aromatic heterocycles. The Labute approximate surface area is 126 Å². The van der Waals surface area contributed by atoms with E-state index in [0.29, 0.717) is 12.6 Å². The summed E-state index contributed by atoms with van der Waals surface area (Å²) < 4.78 is 5.56. The summed E-state index contributed by atoms with van der Waals surface area (Å²) in [7, 11) is 0. The van der Waals surface area contributed by atoms with E-state index in [9.17, 15) is 4.79 Å². The molecule has 0 radical (unpaired) electrons. The van der Waals surface area contributed by atoms with Crippen LogP contribution in [0.4, 0.5) is 0 Å². The van der Waals surface area contributed by atoms with E-state index >= 15 is 0 Å². The molecular weight excluding hydrogens is 266 g/mol. The summed E-state index contributed by atoms with van der Waals surface area (Å²) in [5.41, 5.74) is 7.90. The van der Waals surface area contributed by atoms with Crippen molar-refractivity contribution in [3.8, 4) is 0 Å². The van der Waals surface area contributed by atoms with Crippen molar-refractivity contribution in [1.82, 2.24) is 10.2 Å². The molecule has 0 bridgehead atoms. The molecule has 1 aliphatic rings. The van der Waals surface area contributed by atoms with Crippen LogP contribution in [0.15, 0.2) is 24.3 Å². The number of carbonyl (C=O) groups is 1. The van der Waals surface area contributed by atoms with Crippen molar-refractivity contribution in [2.45, 2.75) is 39.1 Å². The second-order valence-electron chi connectivity index (χ2n) is 5.74. The van der Waals surface area contributed by atoms with E-state index in [1.165, 1.54) is 5.56 Å². The van der Waals surface area contributed by atoms with Gasteiger partial charge < -0.3 is 15.8 Å². The molecule has 1 amide bonds. The van der Waals surface area contributed by atoms with Gasteiger partial charge in [-0.3, -0.25) is 9.69 Å². The second-order valence-corrected chi connectivity index (χ2v) is 5.74. The molecule has 1 aromatic carbocycles. The standard InChI is InChI=1S/C16H25N3O2/c1-12-10-19(6-7-21-12)11-15-5-3-4-14(8-15)9-18-16(20)13(2)17/h3-5,8,12-13H,6-7,9-11,17H2,1-2H3,(H,18,20). The van der Waals surface area contributed by atoms with Gasteiger partial charge in [0.15, 0.2) is 0 Å². The first kappa shape index (κ1) is 15.9. The number of nitrogens with zero attached hydrogens (tertiary/aromatic N) is 1. The number of morpholine rings is 1. The number of benzene rings is 1. The van der Waals surface area contributed by atoms with E-state index in [2.05, 4.69) is 29.3 Å². The highest BCUT2D eigenvalue weighted by Gasteiger charge is 2.16. The number of rotatable bonds is 5. The van der Waals surface area contributed by atoms with Crippen LogP contribution in [-0.4, -0.2) is 42.6 Å². The normalized spacial score (nSPS) is 21.0. The first-order chi connectivity index (χ1) is 10.0. The summed E-state index contributed by atoms with van der Waals surface area (Å²) >= 11 is 0. The molecule has 0 saturated carbocycles. The topological polar surface area (TPSA) is 67.6 Å². The number of nitrogens with one attached hydrogen (secondary N) is 1.